The van der Waals surface area contributed by atoms with Crippen molar-refractivity contribution in [3.63, 3.8) is 0 Å². The van der Waals surface area contributed by atoms with E-state index in [1.54, 1.807) is 0 Å². The highest BCUT2D eigenvalue weighted by molar-refractivity contribution is 9.10. The maximum absolute atomic E-state index is 5.81. The molecule has 1 heterocycles. The molecule has 0 aromatic heterocycles. The summed E-state index contributed by atoms with van der Waals surface area (Å²) in [6, 6.07) is 8.46. The third kappa shape index (κ3) is 2.97. The fourth-order valence-corrected chi connectivity index (χ4v) is 2.43. The molecule has 3 N–H and O–H groups in total. The molecule has 1 aromatic rings. The van der Waals surface area contributed by atoms with Gasteiger partial charge < -0.3 is 15.8 Å². The van der Waals surface area contributed by atoms with Crippen LogP contribution in [0.2, 0.25) is 0 Å². The second kappa shape index (κ2) is 5.66. The lowest BCUT2D eigenvalue weighted by molar-refractivity contribution is 0.182. The highest BCUT2D eigenvalue weighted by Gasteiger charge is 2.24. The molecule has 1 saturated heterocycles. The Bertz CT molecular complexity index is 340. The van der Waals surface area contributed by atoms with Gasteiger partial charge in [0.05, 0.1) is 6.61 Å². The second-order valence-corrected chi connectivity index (χ2v) is 5.04. The summed E-state index contributed by atoms with van der Waals surface area (Å²) in [6.07, 6.45) is 1.10. The zero-order valence-corrected chi connectivity index (χ0v) is 10.7. The van der Waals surface area contributed by atoms with Gasteiger partial charge >= 0.3 is 0 Å². The van der Waals surface area contributed by atoms with Crippen molar-refractivity contribution < 1.29 is 4.74 Å². The minimum absolute atomic E-state index is 0.303. The van der Waals surface area contributed by atoms with Gasteiger partial charge in [0.1, 0.15) is 0 Å². The molecular weight excluding hydrogens is 268 g/mol. The quantitative estimate of drug-likeness (QED) is 0.891. The van der Waals surface area contributed by atoms with Crippen LogP contribution in [-0.4, -0.2) is 25.8 Å². The summed E-state index contributed by atoms with van der Waals surface area (Å²) in [6.45, 7) is 2.32. The molecule has 1 fully saturated rings. The number of nitrogens with two attached hydrogens (primary N) is 1. The van der Waals surface area contributed by atoms with Crippen LogP contribution < -0.4 is 11.1 Å². The fraction of sp³-hybridized carbons (Fsp3) is 0.500. The normalized spacial score (nSPS) is 22.0. The smallest absolute Gasteiger partial charge is 0.0515 e. The Labute approximate surface area is 104 Å². The van der Waals surface area contributed by atoms with Gasteiger partial charge in [-0.15, -0.1) is 0 Å². The first-order chi connectivity index (χ1) is 7.79. The molecule has 0 bridgehead atoms. The first-order valence-electron chi connectivity index (χ1n) is 5.59. The molecular formula is C12H17BrN2O. The van der Waals surface area contributed by atoms with Crippen molar-refractivity contribution in [2.24, 2.45) is 11.7 Å². The molecule has 1 aliphatic heterocycles. The third-order valence-corrected chi connectivity index (χ3v) is 3.46. The van der Waals surface area contributed by atoms with Crippen molar-refractivity contribution >= 4 is 21.6 Å². The molecule has 2 rings (SSSR count). The lowest BCUT2D eigenvalue weighted by Gasteiger charge is -2.23. The Morgan fingerprint density at radius 2 is 2.44 bits per heavy atom. The zero-order chi connectivity index (χ0) is 11.4. The summed E-state index contributed by atoms with van der Waals surface area (Å²) in [5.41, 5.74) is 6.92. The fourth-order valence-electron chi connectivity index (χ4n) is 2.03. The van der Waals surface area contributed by atoms with E-state index in [1.165, 1.54) is 0 Å². The number of halogens is 1. The summed E-state index contributed by atoms with van der Waals surface area (Å²) in [5.74, 6) is 0.531. The van der Waals surface area contributed by atoms with E-state index in [-0.39, 0.29) is 0 Å². The van der Waals surface area contributed by atoms with E-state index in [2.05, 4.69) is 33.4 Å². The molecule has 2 atom stereocenters. The van der Waals surface area contributed by atoms with Crippen LogP contribution in [0.5, 0.6) is 0 Å². The third-order valence-electron chi connectivity index (χ3n) is 2.96. The largest absolute Gasteiger partial charge is 0.381 e. The number of nitrogens with one attached hydrogen (secondary N) is 1. The number of rotatable bonds is 4. The first-order valence-corrected chi connectivity index (χ1v) is 6.39. The van der Waals surface area contributed by atoms with E-state index in [0.29, 0.717) is 18.5 Å². The number of benzene rings is 1. The van der Waals surface area contributed by atoms with E-state index < -0.39 is 0 Å². The van der Waals surface area contributed by atoms with Crippen LogP contribution in [-0.2, 0) is 4.74 Å². The van der Waals surface area contributed by atoms with E-state index in [0.717, 1.165) is 29.8 Å². The molecule has 3 nitrogen and oxygen atoms in total. The van der Waals surface area contributed by atoms with Gasteiger partial charge in [-0.05, 0) is 24.6 Å². The maximum atomic E-state index is 5.81. The Morgan fingerprint density at radius 3 is 3.06 bits per heavy atom. The van der Waals surface area contributed by atoms with Crippen LogP contribution in [0.15, 0.2) is 28.7 Å². The molecule has 0 saturated carbocycles. The van der Waals surface area contributed by atoms with Gasteiger partial charge in [0.15, 0.2) is 0 Å². The summed E-state index contributed by atoms with van der Waals surface area (Å²) in [4.78, 5) is 0. The Hall–Kier alpha value is -0.580. The average Bonchev–Trinajstić information content (AvgIpc) is 2.79. The molecule has 2 unspecified atom stereocenters. The minimum Gasteiger partial charge on any atom is -0.381 e. The molecule has 0 aliphatic carbocycles. The van der Waals surface area contributed by atoms with Crippen molar-refractivity contribution in [3.05, 3.63) is 28.7 Å². The highest BCUT2D eigenvalue weighted by atomic mass is 79.9. The number of hydrogen-bond donors (Lipinski definition) is 2. The van der Waals surface area contributed by atoms with Gasteiger partial charge in [0, 0.05) is 35.3 Å². The van der Waals surface area contributed by atoms with E-state index >= 15 is 0 Å². The second-order valence-electron chi connectivity index (χ2n) is 4.12. The van der Waals surface area contributed by atoms with Crippen LogP contribution in [0.25, 0.3) is 0 Å². The topological polar surface area (TPSA) is 47.3 Å². The van der Waals surface area contributed by atoms with Crippen molar-refractivity contribution in [2.75, 3.05) is 25.1 Å². The predicted molar refractivity (Wildman–Crippen MR) is 69.5 cm³/mol. The molecule has 0 radical (unpaired) electrons. The van der Waals surface area contributed by atoms with Gasteiger partial charge in [-0.1, -0.05) is 22.0 Å². The average molecular weight is 285 g/mol. The van der Waals surface area contributed by atoms with Crippen LogP contribution in [0, 0.1) is 5.92 Å². The summed E-state index contributed by atoms with van der Waals surface area (Å²) in [5, 5.41) is 3.48. The molecule has 0 spiro atoms. The SMILES string of the molecule is NCC(Nc1cccc(Br)c1)C1CCOC1. The van der Waals surface area contributed by atoms with E-state index in [9.17, 15) is 0 Å². The lowest BCUT2D eigenvalue weighted by atomic mass is 9.99. The standard InChI is InChI=1S/C12H17BrN2O/c13-10-2-1-3-11(6-10)15-12(7-14)9-4-5-16-8-9/h1-3,6,9,12,15H,4-5,7-8,14H2. The van der Waals surface area contributed by atoms with Crippen molar-refractivity contribution in [1.29, 1.82) is 0 Å². The minimum atomic E-state index is 0.303. The van der Waals surface area contributed by atoms with Gasteiger partial charge in [0.25, 0.3) is 0 Å². The summed E-state index contributed by atoms with van der Waals surface area (Å²) >= 11 is 3.46. The zero-order valence-electron chi connectivity index (χ0n) is 9.16. The maximum Gasteiger partial charge on any atom is 0.0515 e. The Kier molecular flexibility index (Phi) is 4.21. The predicted octanol–water partition coefficient (Wildman–Crippen LogP) is 2.22. The van der Waals surface area contributed by atoms with Gasteiger partial charge in [-0.2, -0.15) is 0 Å². The highest BCUT2D eigenvalue weighted by Crippen LogP contribution is 2.22. The Balaban J connectivity index is 2.00. The van der Waals surface area contributed by atoms with Crippen molar-refractivity contribution in [2.45, 2.75) is 12.5 Å². The van der Waals surface area contributed by atoms with Crippen LogP contribution >= 0.6 is 15.9 Å². The van der Waals surface area contributed by atoms with Crippen molar-refractivity contribution in [3.8, 4) is 0 Å². The molecule has 0 amide bonds. The number of ether oxygens (including phenoxy) is 1. The monoisotopic (exact) mass is 284 g/mol. The van der Waals surface area contributed by atoms with Gasteiger partial charge in [0.2, 0.25) is 0 Å². The van der Waals surface area contributed by atoms with Crippen molar-refractivity contribution in [1.82, 2.24) is 0 Å². The van der Waals surface area contributed by atoms with E-state index in [1.807, 2.05) is 12.1 Å². The van der Waals surface area contributed by atoms with Gasteiger partial charge in [-0.3, -0.25) is 0 Å². The van der Waals surface area contributed by atoms with Crippen LogP contribution in [0.1, 0.15) is 6.42 Å². The lowest BCUT2D eigenvalue weighted by Crippen LogP contribution is -2.36. The number of hydrogen-bond acceptors (Lipinski definition) is 3. The molecule has 1 aliphatic rings. The van der Waals surface area contributed by atoms with Crippen LogP contribution in [0.4, 0.5) is 5.69 Å². The molecule has 1 aromatic carbocycles. The van der Waals surface area contributed by atoms with Crippen LogP contribution in [0.3, 0.4) is 0 Å². The summed E-state index contributed by atoms with van der Waals surface area (Å²) in [7, 11) is 0. The molecule has 88 valence electrons. The molecule has 16 heavy (non-hydrogen) atoms. The van der Waals surface area contributed by atoms with Gasteiger partial charge in [-0.25, -0.2) is 0 Å². The Morgan fingerprint density at radius 1 is 1.56 bits per heavy atom. The number of anilines is 1. The van der Waals surface area contributed by atoms with E-state index in [4.69, 9.17) is 10.5 Å². The molecule has 4 heteroatoms. The first kappa shape index (κ1) is 11.9. The summed E-state index contributed by atoms with van der Waals surface area (Å²) < 4.78 is 6.48.